The van der Waals surface area contributed by atoms with E-state index in [1.807, 2.05) is 7.05 Å². The molecule has 0 amide bonds. The monoisotopic (exact) mass is 240 g/mol. The van der Waals surface area contributed by atoms with Crippen molar-refractivity contribution in [1.29, 1.82) is 0 Å². The average molecular weight is 240 g/mol. The second-order valence-corrected chi connectivity index (χ2v) is 4.54. The van der Waals surface area contributed by atoms with Gasteiger partial charge in [0.2, 0.25) is 0 Å². The van der Waals surface area contributed by atoms with Crippen molar-refractivity contribution >= 4 is 0 Å². The van der Waals surface area contributed by atoms with E-state index in [2.05, 4.69) is 10.2 Å². The van der Waals surface area contributed by atoms with E-state index in [-0.39, 0.29) is 0 Å². The van der Waals surface area contributed by atoms with Crippen molar-refractivity contribution in [2.45, 2.75) is 25.4 Å². The maximum Gasteiger partial charge on any atom is 0.163 e. The number of halogens is 2. The summed E-state index contributed by atoms with van der Waals surface area (Å²) >= 11 is 0. The first-order chi connectivity index (χ1) is 8.22. The van der Waals surface area contributed by atoms with Crippen LogP contribution in [-0.4, -0.2) is 31.1 Å². The van der Waals surface area contributed by atoms with Crippen molar-refractivity contribution in [3.63, 3.8) is 0 Å². The molecule has 1 aliphatic heterocycles. The van der Waals surface area contributed by atoms with Gasteiger partial charge in [-0.05, 0) is 32.5 Å². The lowest BCUT2D eigenvalue weighted by molar-refractivity contribution is 0.238. The maximum absolute atomic E-state index is 13.6. The molecule has 1 aromatic carbocycles. The molecule has 0 spiro atoms. The summed E-state index contributed by atoms with van der Waals surface area (Å²) in [6.45, 7) is 2.36. The van der Waals surface area contributed by atoms with E-state index < -0.39 is 11.6 Å². The number of nitrogens with one attached hydrogen (secondary N) is 1. The molecule has 1 saturated heterocycles. The Morgan fingerprint density at radius 2 is 2.24 bits per heavy atom. The highest BCUT2D eigenvalue weighted by molar-refractivity contribution is 5.19. The van der Waals surface area contributed by atoms with Gasteiger partial charge in [0.25, 0.3) is 0 Å². The summed E-state index contributed by atoms with van der Waals surface area (Å²) in [6, 6.07) is 4.82. The van der Waals surface area contributed by atoms with Crippen LogP contribution in [0.3, 0.4) is 0 Å². The molecule has 1 unspecified atom stereocenters. The first kappa shape index (κ1) is 12.5. The van der Waals surface area contributed by atoms with Crippen LogP contribution in [-0.2, 0) is 6.54 Å². The van der Waals surface area contributed by atoms with Gasteiger partial charge in [0.05, 0.1) is 0 Å². The first-order valence-electron chi connectivity index (χ1n) is 6.04. The fraction of sp³-hybridized carbons (Fsp3) is 0.538. The van der Waals surface area contributed by atoms with E-state index in [1.54, 1.807) is 12.1 Å². The molecule has 2 nitrogen and oxygen atoms in total. The second-order valence-electron chi connectivity index (χ2n) is 4.54. The zero-order chi connectivity index (χ0) is 12.3. The Labute approximate surface area is 101 Å². The normalized spacial score (nSPS) is 21.0. The summed E-state index contributed by atoms with van der Waals surface area (Å²) < 4.78 is 26.6. The topological polar surface area (TPSA) is 15.3 Å². The molecule has 0 aliphatic carbocycles. The maximum atomic E-state index is 13.6. The summed E-state index contributed by atoms with van der Waals surface area (Å²) in [4.78, 5) is 2.22. The van der Waals surface area contributed by atoms with E-state index in [0.717, 1.165) is 32.0 Å². The lowest BCUT2D eigenvalue weighted by Gasteiger charge is -2.24. The molecule has 1 N–H and O–H groups in total. The van der Waals surface area contributed by atoms with Gasteiger partial charge in [-0.25, -0.2) is 8.78 Å². The van der Waals surface area contributed by atoms with Gasteiger partial charge in [-0.15, -0.1) is 0 Å². The van der Waals surface area contributed by atoms with E-state index in [0.29, 0.717) is 18.2 Å². The molecular weight excluding hydrogens is 222 g/mol. The molecule has 0 bridgehead atoms. The molecule has 1 heterocycles. The molecule has 2 rings (SSSR count). The van der Waals surface area contributed by atoms with E-state index in [1.165, 1.54) is 0 Å². The van der Waals surface area contributed by atoms with Crippen LogP contribution in [0.15, 0.2) is 18.2 Å². The van der Waals surface area contributed by atoms with Crippen molar-refractivity contribution in [2.75, 3.05) is 20.1 Å². The summed E-state index contributed by atoms with van der Waals surface area (Å²) in [5.41, 5.74) is 0.452. The average Bonchev–Trinajstić information content (AvgIpc) is 2.73. The Hall–Kier alpha value is -1.00. The molecule has 0 saturated carbocycles. The molecule has 1 aromatic rings. The van der Waals surface area contributed by atoms with Crippen LogP contribution in [0.25, 0.3) is 0 Å². The van der Waals surface area contributed by atoms with Crippen molar-refractivity contribution < 1.29 is 8.78 Å². The van der Waals surface area contributed by atoms with E-state index in [9.17, 15) is 8.78 Å². The minimum atomic E-state index is -0.758. The molecular formula is C13H18F2N2. The van der Waals surface area contributed by atoms with Crippen molar-refractivity contribution in [2.24, 2.45) is 0 Å². The van der Waals surface area contributed by atoms with Crippen LogP contribution in [0.5, 0.6) is 0 Å². The quantitative estimate of drug-likeness (QED) is 0.867. The van der Waals surface area contributed by atoms with E-state index in [4.69, 9.17) is 0 Å². The standard InChI is InChI=1S/C13H18F2N2/c1-16-8-11-5-3-7-17(11)9-10-4-2-6-12(14)13(10)15/h2,4,6,11,16H,3,5,7-9H2,1H3. The fourth-order valence-electron chi connectivity index (χ4n) is 2.46. The van der Waals surface area contributed by atoms with Crippen molar-refractivity contribution in [1.82, 2.24) is 10.2 Å². The summed E-state index contributed by atoms with van der Waals surface area (Å²) in [5.74, 6) is -1.46. The molecule has 0 aromatic heterocycles. The van der Waals surface area contributed by atoms with Gasteiger partial charge >= 0.3 is 0 Å². The van der Waals surface area contributed by atoms with Gasteiger partial charge in [0, 0.05) is 24.7 Å². The zero-order valence-electron chi connectivity index (χ0n) is 10.0. The smallest absolute Gasteiger partial charge is 0.163 e. The van der Waals surface area contributed by atoms with Crippen LogP contribution in [0.4, 0.5) is 8.78 Å². The SMILES string of the molecule is CNCC1CCCN1Cc1cccc(F)c1F. The number of likely N-dealkylation sites (N-methyl/N-ethyl adjacent to an activating group) is 1. The van der Waals surface area contributed by atoms with Crippen molar-refractivity contribution in [3.05, 3.63) is 35.4 Å². The van der Waals surface area contributed by atoms with E-state index >= 15 is 0 Å². The minimum Gasteiger partial charge on any atom is -0.318 e. The number of rotatable bonds is 4. The van der Waals surface area contributed by atoms with Gasteiger partial charge in [-0.3, -0.25) is 4.90 Å². The van der Waals surface area contributed by atoms with Gasteiger partial charge < -0.3 is 5.32 Å². The molecule has 1 fully saturated rings. The summed E-state index contributed by atoms with van der Waals surface area (Å²) in [6.07, 6.45) is 2.25. The number of benzene rings is 1. The number of nitrogens with zero attached hydrogens (tertiary/aromatic N) is 1. The van der Waals surface area contributed by atoms with Crippen LogP contribution >= 0.6 is 0 Å². The van der Waals surface area contributed by atoms with Gasteiger partial charge in [0.15, 0.2) is 11.6 Å². The molecule has 17 heavy (non-hydrogen) atoms. The van der Waals surface area contributed by atoms with Crippen LogP contribution in [0.2, 0.25) is 0 Å². The molecule has 94 valence electrons. The zero-order valence-corrected chi connectivity index (χ0v) is 10.0. The van der Waals surface area contributed by atoms with Crippen molar-refractivity contribution in [3.8, 4) is 0 Å². The number of hydrogen-bond donors (Lipinski definition) is 1. The van der Waals surface area contributed by atoms with Crippen LogP contribution in [0, 0.1) is 11.6 Å². The number of hydrogen-bond acceptors (Lipinski definition) is 2. The van der Waals surface area contributed by atoms with Gasteiger partial charge in [-0.2, -0.15) is 0 Å². The lowest BCUT2D eigenvalue weighted by Crippen LogP contribution is -2.36. The van der Waals surface area contributed by atoms with Crippen LogP contribution < -0.4 is 5.32 Å². The Kier molecular flexibility index (Phi) is 4.07. The highest BCUT2D eigenvalue weighted by Crippen LogP contribution is 2.21. The molecule has 0 radical (unpaired) electrons. The highest BCUT2D eigenvalue weighted by atomic mass is 19.2. The predicted molar refractivity (Wildman–Crippen MR) is 63.7 cm³/mol. The third kappa shape index (κ3) is 2.82. The predicted octanol–water partition coefficient (Wildman–Crippen LogP) is 2.15. The minimum absolute atomic E-state index is 0.433. The van der Waals surface area contributed by atoms with Gasteiger partial charge in [-0.1, -0.05) is 12.1 Å². The third-order valence-electron chi connectivity index (χ3n) is 3.34. The summed E-state index contributed by atoms with van der Waals surface area (Å²) in [7, 11) is 1.92. The summed E-state index contributed by atoms with van der Waals surface area (Å²) in [5, 5.41) is 3.14. The highest BCUT2D eigenvalue weighted by Gasteiger charge is 2.24. The Morgan fingerprint density at radius 3 is 3.00 bits per heavy atom. The number of likely N-dealkylation sites (tertiary alicyclic amines) is 1. The first-order valence-corrected chi connectivity index (χ1v) is 6.04. The molecule has 1 atom stereocenters. The third-order valence-corrected chi connectivity index (χ3v) is 3.34. The lowest BCUT2D eigenvalue weighted by atomic mass is 10.1. The largest absolute Gasteiger partial charge is 0.318 e. The van der Waals surface area contributed by atoms with Gasteiger partial charge in [0.1, 0.15) is 0 Å². The molecule has 4 heteroatoms. The second kappa shape index (κ2) is 5.56. The molecule has 1 aliphatic rings. The fourth-order valence-corrected chi connectivity index (χ4v) is 2.46. The van der Waals surface area contributed by atoms with Crippen LogP contribution in [0.1, 0.15) is 18.4 Å². The Bertz CT molecular complexity index is 382. The Balaban J connectivity index is 2.07. The Morgan fingerprint density at radius 1 is 1.41 bits per heavy atom.